The molecule has 0 aromatic carbocycles. The highest BCUT2D eigenvalue weighted by Gasteiger charge is 2.10. The molecule has 6 heteroatoms. The molecule has 2 heterocycles. The summed E-state index contributed by atoms with van der Waals surface area (Å²) in [6, 6.07) is 5.07. The molecular weight excluding hydrogens is 256 g/mol. The Kier molecular flexibility index (Phi) is 4.97. The van der Waals surface area contributed by atoms with Crippen molar-refractivity contribution in [2.24, 2.45) is 0 Å². The number of rotatable bonds is 6. The third kappa shape index (κ3) is 3.49. The van der Waals surface area contributed by atoms with E-state index in [0.717, 1.165) is 17.7 Å². The summed E-state index contributed by atoms with van der Waals surface area (Å²) in [5.41, 5.74) is 1.77. The van der Waals surface area contributed by atoms with Gasteiger partial charge in [-0.05, 0) is 18.6 Å². The van der Waals surface area contributed by atoms with Gasteiger partial charge in [-0.15, -0.1) is 0 Å². The fraction of sp³-hybridized carbons (Fsp3) is 0.357. The van der Waals surface area contributed by atoms with E-state index in [1.54, 1.807) is 12.4 Å². The number of aliphatic hydroxyl groups excluding tert-OH is 2. The van der Waals surface area contributed by atoms with Gasteiger partial charge in [0.25, 0.3) is 0 Å². The lowest BCUT2D eigenvalue weighted by atomic mass is 10.2. The Morgan fingerprint density at radius 3 is 2.45 bits per heavy atom. The molecule has 0 fully saturated rings. The van der Waals surface area contributed by atoms with Crippen LogP contribution in [-0.4, -0.2) is 44.4 Å². The topological polar surface area (TPSA) is 91.2 Å². The van der Waals surface area contributed by atoms with Gasteiger partial charge in [0, 0.05) is 29.7 Å². The Labute approximate surface area is 117 Å². The average molecular weight is 274 g/mol. The van der Waals surface area contributed by atoms with Crippen LogP contribution in [0.4, 0.5) is 5.82 Å². The van der Waals surface area contributed by atoms with Gasteiger partial charge in [0.05, 0.1) is 19.3 Å². The first-order valence-electron chi connectivity index (χ1n) is 6.53. The van der Waals surface area contributed by atoms with Gasteiger partial charge in [-0.25, -0.2) is 9.97 Å². The Morgan fingerprint density at radius 2 is 1.85 bits per heavy atom. The molecule has 0 amide bonds. The highest BCUT2D eigenvalue weighted by molar-refractivity contribution is 5.56. The van der Waals surface area contributed by atoms with Gasteiger partial charge in [-0.1, -0.05) is 6.92 Å². The molecule has 0 atom stereocenters. The maximum absolute atomic E-state index is 9.13. The third-order valence-electron chi connectivity index (χ3n) is 2.87. The zero-order chi connectivity index (χ0) is 14.4. The fourth-order valence-corrected chi connectivity index (χ4v) is 1.74. The number of aromatic nitrogens is 3. The largest absolute Gasteiger partial charge is 0.394 e. The molecular formula is C14H18N4O2. The Bertz CT molecular complexity index is 544. The standard InChI is InChI=1S/C14H18N4O2/c1-2-11-7-13(16-12(8-19)9-20)18-14(17-11)10-3-5-15-6-4-10/h3-7,12,19-20H,2,8-9H2,1H3,(H,16,17,18). The van der Waals surface area contributed by atoms with Crippen molar-refractivity contribution in [1.82, 2.24) is 15.0 Å². The van der Waals surface area contributed by atoms with E-state index in [4.69, 9.17) is 10.2 Å². The third-order valence-corrected chi connectivity index (χ3v) is 2.87. The van der Waals surface area contributed by atoms with Crippen LogP contribution in [-0.2, 0) is 6.42 Å². The van der Waals surface area contributed by atoms with E-state index in [1.807, 2.05) is 25.1 Å². The zero-order valence-corrected chi connectivity index (χ0v) is 11.3. The second-order valence-corrected chi connectivity index (χ2v) is 4.36. The molecule has 0 aliphatic heterocycles. The molecule has 3 N–H and O–H groups in total. The second-order valence-electron chi connectivity index (χ2n) is 4.36. The first-order chi connectivity index (χ1) is 9.76. The molecule has 0 saturated heterocycles. The van der Waals surface area contributed by atoms with Gasteiger partial charge < -0.3 is 15.5 Å². The van der Waals surface area contributed by atoms with Crippen molar-refractivity contribution in [3.63, 3.8) is 0 Å². The van der Waals surface area contributed by atoms with Gasteiger partial charge in [0.2, 0.25) is 0 Å². The molecule has 0 unspecified atom stereocenters. The van der Waals surface area contributed by atoms with Crippen molar-refractivity contribution in [2.75, 3.05) is 18.5 Å². The minimum absolute atomic E-state index is 0.160. The van der Waals surface area contributed by atoms with Crippen molar-refractivity contribution in [3.05, 3.63) is 36.3 Å². The van der Waals surface area contributed by atoms with Crippen molar-refractivity contribution < 1.29 is 10.2 Å². The van der Waals surface area contributed by atoms with Crippen molar-refractivity contribution in [2.45, 2.75) is 19.4 Å². The SMILES string of the molecule is CCc1cc(NC(CO)CO)nc(-c2ccncc2)n1. The summed E-state index contributed by atoms with van der Waals surface area (Å²) in [4.78, 5) is 12.9. The van der Waals surface area contributed by atoms with Crippen LogP contribution >= 0.6 is 0 Å². The predicted molar refractivity (Wildman–Crippen MR) is 76.2 cm³/mol. The molecule has 20 heavy (non-hydrogen) atoms. The van der Waals surface area contributed by atoms with E-state index in [1.165, 1.54) is 0 Å². The minimum Gasteiger partial charge on any atom is -0.394 e. The number of pyridine rings is 1. The van der Waals surface area contributed by atoms with Gasteiger partial charge >= 0.3 is 0 Å². The summed E-state index contributed by atoms with van der Waals surface area (Å²) in [7, 11) is 0. The van der Waals surface area contributed by atoms with E-state index in [2.05, 4.69) is 20.3 Å². The highest BCUT2D eigenvalue weighted by atomic mass is 16.3. The second kappa shape index (κ2) is 6.93. The number of hydrogen-bond acceptors (Lipinski definition) is 6. The monoisotopic (exact) mass is 274 g/mol. The first-order valence-corrected chi connectivity index (χ1v) is 6.53. The minimum atomic E-state index is -0.431. The lowest BCUT2D eigenvalue weighted by Gasteiger charge is -2.15. The number of anilines is 1. The van der Waals surface area contributed by atoms with Crippen molar-refractivity contribution in [1.29, 1.82) is 0 Å². The van der Waals surface area contributed by atoms with Gasteiger partial charge in [0.15, 0.2) is 5.82 Å². The van der Waals surface area contributed by atoms with Crippen LogP contribution < -0.4 is 5.32 Å². The molecule has 2 aromatic rings. The quantitative estimate of drug-likeness (QED) is 0.724. The van der Waals surface area contributed by atoms with Gasteiger partial charge in [-0.2, -0.15) is 0 Å². The van der Waals surface area contributed by atoms with E-state index in [9.17, 15) is 0 Å². The molecule has 2 aromatic heterocycles. The Hall–Kier alpha value is -2.05. The van der Waals surface area contributed by atoms with E-state index in [0.29, 0.717) is 11.6 Å². The van der Waals surface area contributed by atoms with Crippen molar-refractivity contribution >= 4 is 5.82 Å². The van der Waals surface area contributed by atoms with Crippen LogP contribution in [0.5, 0.6) is 0 Å². The fourth-order valence-electron chi connectivity index (χ4n) is 1.74. The molecule has 6 nitrogen and oxygen atoms in total. The molecule has 0 radical (unpaired) electrons. The number of hydrogen-bond donors (Lipinski definition) is 3. The van der Waals surface area contributed by atoms with Crippen LogP contribution in [0.1, 0.15) is 12.6 Å². The van der Waals surface area contributed by atoms with Crippen LogP contribution in [0.2, 0.25) is 0 Å². The molecule has 106 valence electrons. The molecule has 0 spiro atoms. The van der Waals surface area contributed by atoms with E-state index < -0.39 is 6.04 Å². The molecule has 0 aliphatic rings. The van der Waals surface area contributed by atoms with Crippen molar-refractivity contribution in [3.8, 4) is 11.4 Å². The maximum Gasteiger partial charge on any atom is 0.161 e. The predicted octanol–water partition coefficient (Wildman–Crippen LogP) is 0.866. The van der Waals surface area contributed by atoms with Crippen LogP contribution in [0.15, 0.2) is 30.6 Å². The Balaban J connectivity index is 2.34. The summed E-state index contributed by atoms with van der Waals surface area (Å²) in [6.45, 7) is 1.69. The summed E-state index contributed by atoms with van der Waals surface area (Å²) in [6.07, 6.45) is 4.15. The lowest BCUT2D eigenvalue weighted by molar-refractivity contribution is 0.203. The summed E-state index contributed by atoms with van der Waals surface area (Å²) >= 11 is 0. The first kappa shape index (κ1) is 14.4. The van der Waals surface area contributed by atoms with E-state index in [-0.39, 0.29) is 13.2 Å². The summed E-state index contributed by atoms with van der Waals surface area (Å²) in [5.74, 6) is 1.20. The smallest absolute Gasteiger partial charge is 0.161 e. The van der Waals surface area contributed by atoms with Crippen LogP contribution in [0.3, 0.4) is 0 Å². The van der Waals surface area contributed by atoms with Crippen LogP contribution in [0, 0.1) is 0 Å². The summed E-state index contributed by atoms with van der Waals surface area (Å²) in [5, 5.41) is 21.2. The molecule has 2 rings (SSSR count). The Morgan fingerprint density at radius 1 is 1.15 bits per heavy atom. The van der Waals surface area contributed by atoms with Gasteiger partial charge in [0.1, 0.15) is 5.82 Å². The number of aryl methyl sites for hydroxylation is 1. The number of nitrogens with zero attached hydrogens (tertiary/aromatic N) is 3. The van der Waals surface area contributed by atoms with E-state index >= 15 is 0 Å². The zero-order valence-electron chi connectivity index (χ0n) is 11.3. The lowest BCUT2D eigenvalue weighted by Crippen LogP contribution is -2.28. The molecule has 0 bridgehead atoms. The summed E-state index contributed by atoms with van der Waals surface area (Å²) < 4.78 is 0. The number of nitrogens with one attached hydrogen (secondary N) is 1. The number of aliphatic hydroxyl groups is 2. The average Bonchev–Trinajstić information content (AvgIpc) is 2.53. The maximum atomic E-state index is 9.13. The van der Waals surface area contributed by atoms with Gasteiger partial charge in [-0.3, -0.25) is 4.98 Å². The molecule has 0 saturated carbocycles. The van der Waals surface area contributed by atoms with Crippen LogP contribution in [0.25, 0.3) is 11.4 Å². The molecule has 0 aliphatic carbocycles. The normalized spacial score (nSPS) is 10.8. The highest BCUT2D eigenvalue weighted by Crippen LogP contribution is 2.18.